The predicted molar refractivity (Wildman–Crippen MR) is 69.5 cm³/mol. The van der Waals surface area contributed by atoms with Crippen LogP contribution in [0.2, 0.25) is 0 Å². The van der Waals surface area contributed by atoms with Crippen LogP contribution < -0.4 is 5.32 Å². The lowest BCUT2D eigenvalue weighted by atomic mass is 10.2. The van der Waals surface area contributed by atoms with Crippen LogP contribution in [0.5, 0.6) is 0 Å². The molecule has 1 aliphatic carbocycles. The van der Waals surface area contributed by atoms with Crippen LogP contribution in [0.3, 0.4) is 0 Å². The first-order valence-corrected chi connectivity index (χ1v) is 6.89. The number of rotatable bonds is 5. The molecule has 1 fully saturated rings. The van der Waals surface area contributed by atoms with Crippen molar-refractivity contribution in [2.24, 2.45) is 0 Å². The molecule has 5 heteroatoms. The highest BCUT2D eigenvalue weighted by Gasteiger charge is 2.20. The van der Waals surface area contributed by atoms with Crippen molar-refractivity contribution < 1.29 is 4.42 Å². The zero-order valence-corrected chi connectivity index (χ0v) is 11.0. The van der Waals surface area contributed by atoms with Crippen LogP contribution in [0.25, 0.3) is 0 Å². The van der Waals surface area contributed by atoms with Crippen molar-refractivity contribution >= 4 is 11.8 Å². The molecule has 0 aliphatic heterocycles. The van der Waals surface area contributed by atoms with Gasteiger partial charge in [0, 0.05) is 18.8 Å². The molecule has 94 valence electrons. The molecule has 0 amide bonds. The first-order chi connectivity index (χ1) is 8.81. The summed E-state index contributed by atoms with van der Waals surface area (Å²) in [5, 5.41) is 5.07. The number of nitrogens with one attached hydrogen (secondary N) is 1. The van der Waals surface area contributed by atoms with Crippen LogP contribution in [-0.2, 0) is 6.54 Å². The van der Waals surface area contributed by atoms with Gasteiger partial charge in [0.25, 0.3) is 5.22 Å². The Morgan fingerprint density at radius 2 is 2.33 bits per heavy atom. The molecule has 1 N–H and O–H groups in total. The van der Waals surface area contributed by atoms with Crippen LogP contribution in [0.4, 0.5) is 0 Å². The fraction of sp³-hybridized carbons (Fsp3) is 0.385. The van der Waals surface area contributed by atoms with E-state index in [2.05, 4.69) is 28.3 Å². The Labute approximate surface area is 110 Å². The van der Waals surface area contributed by atoms with E-state index in [4.69, 9.17) is 4.42 Å². The molecular weight excluding hydrogens is 246 g/mol. The van der Waals surface area contributed by atoms with Gasteiger partial charge in [-0.05, 0) is 42.7 Å². The summed E-state index contributed by atoms with van der Waals surface area (Å²) in [6.45, 7) is 2.97. The Bertz CT molecular complexity index is 523. The van der Waals surface area contributed by atoms with Gasteiger partial charge in [-0.15, -0.1) is 0 Å². The Balaban J connectivity index is 1.67. The molecule has 0 saturated heterocycles. The third-order valence-corrected chi connectivity index (χ3v) is 3.85. The standard InChI is InChI=1S/C13H15N3OS/c1-9-6-10(7-15-11-2-3-11)8-16-12(9)18-13-14-4-5-17-13/h4-6,8,11,15H,2-3,7H2,1H3. The molecule has 1 aliphatic rings. The predicted octanol–water partition coefficient (Wildman–Crippen LogP) is 2.78. The lowest BCUT2D eigenvalue weighted by Gasteiger charge is -2.06. The lowest BCUT2D eigenvalue weighted by molar-refractivity contribution is 0.454. The Morgan fingerprint density at radius 1 is 1.44 bits per heavy atom. The quantitative estimate of drug-likeness (QED) is 0.897. The minimum absolute atomic E-state index is 0.634. The van der Waals surface area contributed by atoms with Crippen molar-refractivity contribution in [3.05, 3.63) is 35.9 Å². The van der Waals surface area contributed by atoms with Gasteiger partial charge in [0.05, 0.1) is 6.20 Å². The topological polar surface area (TPSA) is 51.0 Å². The van der Waals surface area contributed by atoms with E-state index >= 15 is 0 Å². The van der Waals surface area contributed by atoms with Crippen LogP contribution >= 0.6 is 11.8 Å². The second-order valence-electron chi connectivity index (χ2n) is 4.52. The average Bonchev–Trinajstić information content (AvgIpc) is 3.06. The van der Waals surface area contributed by atoms with E-state index in [1.54, 1.807) is 12.5 Å². The van der Waals surface area contributed by atoms with Crippen molar-refractivity contribution in [3.8, 4) is 0 Å². The Morgan fingerprint density at radius 3 is 3.00 bits per heavy atom. The number of nitrogens with zero attached hydrogens (tertiary/aromatic N) is 2. The summed E-state index contributed by atoms with van der Waals surface area (Å²) in [6.07, 6.45) is 7.76. The molecule has 0 bridgehead atoms. The van der Waals surface area contributed by atoms with Crippen molar-refractivity contribution in [1.82, 2.24) is 15.3 Å². The van der Waals surface area contributed by atoms with Gasteiger partial charge >= 0.3 is 0 Å². The maximum absolute atomic E-state index is 5.21. The molecule has 1 saturated carbocycles. The molecule has 2 heterocycles. The normalized spacial score (nSPS) is 14.9. The Hall–Kier alpha value is -1.33. The molecule has 18 heavy (non-hydrogen) atoms. The largest absolute Gasteiger partial charge is 0.440 e. The van der Waals surface area contributed by atoms with Crippen LogP contribution in [-0.4, -0.2) is 16.0 Å². The molecule has 4 nitrogen and oxygen atoms in total. The summed E-state index contributed by atoms with van der Waals surface area (Å²) in [5.41, 5.74) is 2.39. The molecule has 0 unspecified atom stereocenters. The highest BCUT2D eigenvalue weighted by Crippen LogP contribution is 2.27. The molecule has 0 spiro atoms. The fourth-order valence-corrected chi connectivity index (χ4v) is 2.43. The number of oxazole rings is 1. The summed E-state index contributed by atoms with van der Waals surface area (Å²) < 4.78 is 5.21. The lowest BCUT2D eigenvalue weighted by Crippen LogP contribution is -2.15. The number of aromatic nitrogens is 2. The third-order valence-electron chi connectivity index (χ3n) is 2.85. The first-order valence-electron chi connectivity index (χ1n) is 6.07. The van der Waals surface area contributed by atoms with Gasteiger partial charge < -0.3 is 9.73 Å². The monoisotopic (exact) mass is 261 g/mol. The van der Waals surface area contributed by atoms with Gasteiger partial charge in [0.15, 0.2) is 0 Å². The summed E-state index contributed by atoms with van der Waals surface area (Å²) in [6, 6.07) is 2.90. The summed E-state index contributed by atoms with van der Waals surface area (Å²) in [5.74, 6) is 0. The molecule has 0 aromatic carbocycles. The van der Waals surface area contributed by atoms with Gasteiger partial charge in [0.1, 0.15) is 11.3 Å². The van der Waals surface area contributed by atoms with Gasteiger partial charge in [-0.2, -0.15) is 0 Å². The van der Waals surface area contributed by atoms with E-state index in [1.165, 1.54) is 30.2 Å². The Kier molecular flexibility index (Phi) is 3.34. The number of pyridine rings is 1. The van der Waals surface area contributed by atoms with E-state index in [1.807, 2.05) is 6.20 Å². The zero-order chi connectivity index (χ0) is 12.4. The van der Waals surface area contributed by atoms with Crippen molar-refractivity contribution in [3.63, 3.8) is 0 Å². The van der Waals surface area contributed by atoms with Gasteiger partial charge in [-0.1, -0.05) is 6.07 Å². The van der Waals surface area contributed by atoms with Crippen molar-refractivity contribution in [1.29, 1.82) is 0 Å². The second kappa shape index (κ2) is 5.12. The maximum atomic E-state index is 5.21. The number of aryl methyl sites for hydroxylation is 1. The zero-order valence-electron chi connectivity index (χ0n) is 10.2. The van der Waals surface area contributed by atoms with Crippen LogP contribution in [0, 0.1) is 6.92 Å². The average molecular weight is 261 g/mol. The molecular formula is C13H15N3OS. The number of hydrogen-bond donors (Lipinski definition) is 1. The van der Waals surface area contributed by atoms with Gasteiger partial charge in [-0.3, -0.25) is 0 Å². The fourth-order valence-electron chi connectivity index (χ4n) is 1.72. The SMILES string of the molecule is Cc1cc(CNC2CC2)cnc1Sc1ncco1. The molecule has 2 aromatic rings. The minimum Gasteiger partial charge on any atom is -0.440 e. The van der Waals surface area contributed by atoms with E-state index in [0.29, 0.717) is 5.22 Å². The van der Waals surface area contributed by atoms with Crippen LogP contribution in [0.15, 0.2) is 39.4 Å². The molecule has 0 radical (unpaired) electrons. The summed E-state index contributed by atoms with van der Waals surface area (Å²) in [4.78, 5) is 8.56. The van der Waals surface area contributed by atoms with E-state index in [-0.39, 0.29) is 0 Å². The first kappa shape index (κ1) is 11.7. The van der Waals surface area contributed by atoms with Gasteiger partial charge in [0.2, 0.25) is 0 Å². The second-order valence-corrected chi connectivity index (χ2v) is 5.46. The van der Waals surface area contributed by atoms with E-state index < -0.39 is 0 Å². The highest BCUT2D eigenvalue weighted by atomic mass is 32.2. The van der Waals surface area contributed by atoms with E-state index in [0.717, 1.165) is 23.2 Å². The highest BCUT2D eigenvalue weighted by molar-refractivity contribution is 7.99. The third kappa shape index (κ3) is 2.91. The minimum atomic E-state index is 0.634. The summed E-state index contributed by atoms with van der Waals surface area (Å²) in [7, 11) is 0. The summed E-state index contributed by atoms with van der Waals surface area (Å²) >= 11 is 1.46. The van der Waals surface area contributed by atoms with Gasteiger partial charge in [-0.25, -0.2) is 9.97 Å². The molecule has 3 rings (SSSR count). The smallest absolute Gasteiger partial charge is 0.261 e. The van der Waals surface area contributed by atoms with Crippen LogP contribution in [0.1, 0.15) is 24.0 Å². The van der Waals surface area contributed by atoms with E-state index in [9.17, 15) is 0 Å². The number of hydrogen-bond acceptors (Lipinski definition) is 5. The van der Waals surface area contributed by atoms with Crippen molar-refractivity contribution in [2.45, 2.75) is 42.6 Å². The maximum Gasteiger partial charge on any atom is 0.261 e. The van der Waals surface area contributed by atoms with Crippen molar-refractivity contribution in [2.75, 3.05) is 0 Å². The molecule has 0 atom stereocenters. The molecule has 2 aromatic heterocycles.